The smallest absolute Gasteiger partial charge is 0.245 e. The third-order valence-corrected chi connectivity index (χ3v) is 9.77. The van der Waals surface area contributed by atoms with E-state index in [2.05, 4.69) is 37.3 Å². The molecule has 0 saturated carbocycles. The van der Waals surface area contributed by atoms with E-state index in [1.54, 1.807) is 36.4 Å². The van der Waals surface area contributed by atoms with E-state index in [0.29, 0.717) is 11.4 Å². The summed E-state index contributed by atoms with van der Waals surface area (Å²) >= 11 is 6.07. The molecule has 2 heterocycles. The Bertz CT molecular complexity index is 1530. The number of nitrogens with zero attached hydrogens (tertiary/aromatic N) is 2. The number of nitrogens with one attached hydrogen (secondary N) is 1. The molecule has 2 aliphatic rings. The molecule has 3 aromatic rings. The minimum absolute atomic E-state index is 0.0644. The maximum Gasteiger partial charge on any atom is 0.245 e. The largest absolute Gasteiger partial charge is 0.308 e. The molecule has 2 saturated heterocycles. The first-order valence-electron chi connectivity index (χ1n) is 13.9. The molecule has 3 atom stereocenters. The predicted molar refractivity (Wildman–Crippen MR) is 159 cm³/mol. The molecule has 0 bridgehead atoms. The molecule has 1 N–H and O–H groups in total. The average Bonchev–Trinajstić information content (AvgIpc) is 3.52. The van der Waals surface area contributed by atoms with Crippen LogP contribution in [-0.4, -0.2) is 44.9 Å². The van der Waals surface area contributed by atoms with E-state index in [4.69, 9.17) is 11.6 Å². The van der Waals surface area contributed by atoms with Crippen molar-refractivity contribution in [2.24, 2.45) is 11.3 Å². The van der Waals surface area contributed by atoms with E-state index >= 15 is 4.39 Å². The van der Waals surface area contributed by atoms with Crippen molar-refractivity contribution in [3.05, 3.63) is 71.0 Å². The first kappa shape index (κ1) is 29.0. The number of amides is 1. The van der Waals surface area contributed by atoms with Crippen LogP contribution in [-0.2, 0) is 14.8 Å². The summed E-state index contributed by atoms with van der Waals surface area (Å²) in [6, 6.07) is 14.2. The maximum atomic E-state index is 15.5. The normalized spacial score (nSPS) is 21.4. The fourth-order valence-electron chi connectivity index (χ4n) is 6.07. The van der Waals surface area contributed by atoms with Crippen LogP contribution in [0.3, 0.4) is 0 Å². The number of carbonyl (C=O) groups excluding carboxylic acids is 1. The van der Waals surface area contributed by atoms with E-state index in [1.165, 1.54) is 17.0 Å². The Morgan fingerprint density at radius 2 is 1.70 bits per heavy atom. The summed E-state index contributed by atoms with van der Waals surface area (Å²) in [7, 11) is -4.04. The SMILES string of the molecule is CC(c1ccc(N2CC(CC(C)(C)C)C(NS(=O)(=O)c3ccc4cc(Cl)ccc4c3)C2=O)c(F)c1)N1CCCC1. The lowest BCUT2D eigenvalue weighted by atomic mass is 9.83. The highest BCUT2D eigenvalue weighted by Crippen LogP contribution is 2.37. The molecular formula is C31H37ClFN3O3S. The molecule has 6 nitrogen and oxygen atoms in total. The van der Waals surface area contributed by atoms with Crippen LogP contribution in [0.15, 0.2) is 59.5 Å². The van der Waals surface area contributed by atoms with Gasteiger partial charge in [-0.2, -0.15) is 4.72 Å². The number of rotatable bonds is 7. The van der Waals surface area contributed by atoms with Gasteiger partial charge in [0.25, 0.3) is 0 Å². The number of hydrogen-bond donors (Lipinski definition) is 1. The Kier molecular flexibility index (Phi) is 8.00. The third kappa shape index (κ3) is 6.05. The van der Waals surface area contributed by atoms with E-state index < -0.39 is 27.8 Å². The molecule has 214 valence electrons. The van der Waals surface area contributed by atoms with Crippen LogP contribution in [0, 0.1) is 17.2 Å². The molecule has 0 radical (unpaired) electrons. The lowest BCUT2D eigenvalue weighted by molar-refractivity contribution is -0.119. The van der Waals surface area contributed by atoms with Gasteiger partial charge in [0.05, 0.1) is 10.6 Å². The second-order valence-corrected chi connectivity index (χ2v) is 14.5. The van der Waals surface area contributed by atoms with Crippen molar-refractivity contribution in [3.63, 3.8) is 0 Å². The second kappa shape index (κ2) is 11.0. The Balaban J connectivity index is 1.42. The van der Waals surface area contributed by atoms with Gasteiger partial charge in [-0.05, 0) is 97.4 Å². The molecule has 1 amide bonds. The summed E-state index contributed by atoms with van der Waals surface area (Å²) in [5.41, 5.74) is 0.891. The molecular weight excluding hydrogens is 549 g/mol. The Morgan fingerprint density at radius 1 is 1.02 bits per heavy atom. The predicted octanol–water partition coefficient (Wildman–Crippen LogP) is 6.54. The van der Waals surface area contributed by atoms with Crippen LogP contribution in [0.5, 0.6) is 0 Å². The van der Waals surface area contributed by atoms with Gasteiger partial charge in [0, 0.05) is 23.5 Å². The quantitative estimate of drug-likeness (QED) is 0.342. The zero-order valence-electron chi connectivity index (χ0n) is 23.5. The standard InChI is InChI=1S/C31H37ClFN3O3S/c1-20(35-13-5-6-14-35)21-9-12-28(27(33)17-21)36-19-24(18-31(2,3)4)29(30(36)37)34-40(38,39)26-11-8-22-15-25(32)10-7-23(22)16-26/h7-12,15-17,20,24,29,34H,5-6,13-14,18-19H2,1-4H3. The number of hydrogen-bond acceptors (Lipinski definition) is 4. The van der Waals surface area contributed by atoms with E-state index in [-0.39, 0.29) is 34.5 Å². The number of benzene rings is 3. The molecule has 5 rings (SSSR count). The number of fused-ring (bicyclic) bond motifs is 1. The molecule has 40 heavy (non-hydrogen) atoms. The molecule has 0 aromatic heterocycles. The second-order valence-electron chi connectivity index (χ2n) is 12.4. The van der Waals surface area contributed by atoms with Gasteiger partial charge in [-0.25, -0.2) is 12.8 Å². The van der Waals surface area contributed by atoms with Gasteiger partial charge in [0.2, 0.25) is 15.9 Å². The van der Waals surface area contributed by atoms with Crippen molar-refractivity contribution in [3.8, 4) is 0 Å². The van der Waals surface area contributed by atoms with Crippen molar-refractivity contribution < 1.29 is 17.6 Å². The van der Waals surface area contributed by atoms with Gasteiger partial charge in [-0.3, -0.25) is 9.69 Å². The molecule has 0 spiro atoms. The van der Waals surface area contributed by atoms with Crippen molar-refractivity contribution >= 4 is 44.0 Å². The number of sulfonamides is 1. The third-order valence-electron chi connectivity index (χ3n) is 8.09. The molecule has 3 aromatic carbocycles. The lowest BCUT2D eigenvalue weighted by Crippen LogP contribution is -2.44. The van der Waals surface area contributed by atoms with Gasteiger partial charge in [0.15, 0.2) is 0 Å². The number of carbonyl (C=O) groups is 1. The van der Waals surface area contributed by atoms with Crippen molar-refractivity contribution in [2.45, 2.75) is 63.9 Å². The minimum atomic E-state index is -4.04. The monoisotopic (exact) mass is 585 g/mol. The molecule has 2 fully saturated rings. The summed E-state index contributed by atoms with van der Waals surface area (Å²) in [4.78, 5) is 17.6. The van der Waals surface area contributed by atoms with Crippen molar-refractivity contribution in [1.29, 1.82) is 0 Å². The van der Waals surface area contributed by atoms with Crippen LogP contribution in [0.2, 0.25) is 5.02 Å². The van der Waals surface area contributed by atoms with Gasteiger partial charge < -0.3 is 4.90 Å². The molecule has 2 aliphatic heterocycles. The lowest BCUT2D eigenvalue weighted by Gasteiger charge is -2.26. The highest BCUT2D eigenvalue weighted by atomic mass is 35.5. The van der Waals surface area contributed by atoms with Crippen LogP contribution in [0.4, 0.5) is 10.1 Å². The maximum absolute atomic E-state index is 15.5. The van der Waals surface area contributed by atoms with Crippen molar-refractivity contribution in [1.82, 2.24) is 9.62 Å². The van der Waals surface area contributed by atoms with Crippen molar-refractivity contribution in [2.75, 3.05) is 24.5 Å². The summed E-state index contributed by atoms with van der Waals surface area (Å²) in [6.45, 7) is 10.5. The first-order valence-corrected chi connectivity index (χ1v) is 15.7. The number of likely N-dealkylation sites (tertiary alicyclic amines) is 1. The summed E-state index contributed by atoms with van der Waals surface area (Å²) in [5, 5.41) is 2.11. The van der Waals surface area contributed by atoms with Crippen LogP contribution >= 0.6 is 11.6 Å². The Morgan fingerprint density at radius 3 is 2.38 bits per heavy atom. The highest BCUT2D eigenvalue weighted by molar-refractivity contribution is 7.89. The summed E-state index contributed by atoms with van der Waals surface area (Å²) in [5.74, 6) is -1.24. The summed E-state index contributed by atoms with van der Waals surface area (Å²) < 4.78 is 45.3. The van der Waals surface area contributed by atoms with Crippen LogP contribution in [0.25, 0.3) is 10.8 Å². The van der Waals surface area contributed by atoms with Gasteiger partial charge in [0.1, 0.15) is 11.9 Å². The fraction of sp³-hybridized carbons (Fsp3) is 0.452. The fourth-order valence-corrected chi connectivity index (χ4v) is 7.54. The van der Waals surface area contributed by atoms with Gasteiger partial charge >= 0.3 is 0 Å². The summed E-state index contributed by atoms with van der Waals surface area (Å²) in [6.07, 6.45) is 2.88. The zero-order valence-corrected chi connectivity index (χ0v) is 25.0. The average molecular weight is 586 g/mol. The minimum Gasteiger partial charge on any atom is -0.308 e. The number of anilines is 1. The highest BCUT2D eigenvalue weighted by Gasteiger charge is 2.45. The first-order chi connectivity index (χ1) is 18.8. The zero-order chi connectivity index (χ0) is 28.8. The van der Waals surface area contributed by atoms with E-state index in [9.17, 15) is 13.2 Å². The van der Waals surface area contributed by atoms with E-state index in [0.717, 1.165) is 42.3 Å². The van der Waals surface area contributed by atoms with Crippen LogP contribution in [0.1, 0.15) is 58.6 Å². The topological polar surface area (TPSA) is 69.7 Å². The van der Waals surface area contributed by atoms with E-state index in [1.807, 2.05) is 6.07 Å². The van der Waals surface area contributed by atoms with Gasteiger partial charge in [-0.1, -0.05) is 50.6 Å². The molecule has 9 heteroatoms. The number of halogens is 2. The van der Waals surface area contributed by atoms with Crippen LogP contribution < -0.4 is 9.62 Å². The van der Waals surface area contributed by atoms with Gasteiger partial charge in [-0.15, -0.1) is 0 Å². The Hall–Kier alpha value is -2.52. The molecule has 0 aliphatic carbocycles. The molecule has 3 unspecified atom stereocenters. The Labute approximate surface area is 241 Å².